The Morgan fingerprint density at radius 1 is 0.867 bits per heavy atom. The molecule has 0 fully saturated rings. The first-order valence-electron chi connectivity index (χ1n) is 10.7. The number of anilines is 1. The van der Waals surface area contributed by atoms with Crippen LogP contribution < -0.4 is 5.32 Å². The third-order valence-electron chi connectivity index (χ3n) is 5.78. The first-order chi connectivity index (χ1) is 14.5. The molecule has 4 heteroatoms. The summed E-state index contributed by atoms with van der Waals surface area (Å²) >= 11 is 0. The molecule has 0 unspecified atom stereocenters. The molecule has 30 heavy (non-hydrogen) atoms. The number of hydrogen-bond acceptors (Lipinski definition) is 3. The fourth-order valence-corrected chi connectivity index (χ4v) is 3.99. The van der Waals surface area contributed by atoms with Gasteiger partial charge in [0.05, 0.1) is 11.4 Å². The van der Waals surface area contributed by atoms with E-state index in [1.54, 1.807) is 0 Å². The lowest BCUT2D eigenvalue weighted by atomic mass is 10.1. The lowest BCUT2D eigenvalue weighted by Gasteiger charge is -2.18. The molecule has 0 bridgehead atoms. The number of nitrogens with one attached hydrogen (secondary N) is 1. The van der Waals surface area contributed by atoms with E-state index < -0.39 is 0 Å². The lowest BCUT2D eigenvalue weighted by Crippen LogP contribution is -2.12. The highest BCUT2D eigenvalue weighted by atomic mass is 15.1. The molecular weight excluding hydrogens is 368 g/mol. The van der Waals surface area contributed by atoms with Crippen molar-refractivity contribution in [3.63, 3.8) is 0 Å². The van der Waals surface area contributed by atoms with Gasteiger partial charge in [-0.1, -0.05) is 74.5 Å². The van der Waals surface area contributed by atoms with Crippen LogP contribution in [0.3, 0.4) is 0 Å². The average molecular weight is 399 g/mol. The second kappa shape index (κ2) is 8.31. The van der Waals surface area contributed by atoms with Crippen LogP contribution in [0.15, 0.2) is 60.7 Å². The van der Waals surface area contributed by atoms with Crippen LogP contribution in [0.2, 0.25) is 0 Å². The van der Waals surface area contributed by atoms with Gasteiger partial charge in [0.15, 0.2) is 5.82 Å². The van der Waals surface area contributed by atoms with Gasteiger partial charge < -0.3 is 9.88 Å². The van der Waals surface area contributed by atoms with Gasteiger partial charge in [-0.2, -0.15) is 0 Å². The van der Waals surface area contributed by atoms with Gasteiger partial charge in [0.1, 0.15) is 11.5 Å². The number of aromatic nitrogens is 3. The smallest absolute Gasteiger partial charge is 0.163 e. The Labute approximate surface area is 179 Å². The van der Waals surface area contributed by atoms with E-state index >= 15 is 0 Å². The zero-order valence-corrected chi connectivity index (χ0v) is 18.5. The highest BCUT2D eigenvalue weighted by Crippen LogP contribution is 2.35. The zero-order chi connectivity index (χ0) is 21.3. The normalized spacial score (nSPS) is 12.5. The average Bonchev–Trinajstić information content (AvgIpc) is 3.03. The molecule has 4 rings (SSSR count). The molecule has 2 aromatic heterocycles. The van der Waals surface area contributed by atoms with Crippen LogP contribution >= 0.6 is 0 Å². The Kier molecular flexibility index (Phi) is 5.58. The van der Waals surface area contributed by atoms with E-state index in [0.29, 0.717) is 5.92 Å². The summed E-state index contributed by atoms with van der Waals surface area (Å²) in [5, 5.41) is 4.71. The van der Waals surface area contributed by atoms with Gasteiger partial charge in [-0.05, 0) is 37.8 Å². The van der Waals surface area contributed by atoms with Crippen molar-refractivity contribution in [2.45, 2.75) is 40.7 Å². The lowest BCUT2D eigenvalue weighted by molar-refractivity contribution is 0.639. The zero-order valence-electron chi connectivity index (χ0n) is 18.5. The third kappa shape index (κ3) is 3.70. The van der Waals surface area contributed by atoms with Crippen LogP contribution in [-0.4, -0.2) is 21.1 Å². The number of nitrogens with zero attached hydrogens (tertiary/aromatic N) is 3. The first kappa shape index (κ1) is 20.1. The maximum absolute atomic E-state index is 5.07. The topological polar surface area (TPSA) is 42.7 Å². The monoisotopic (exact) mass is 398 g/mol. The molecule has 0 aliphatic carbocycles. The van der Waals surface area contributed by atoms with Crippen molar-refractivity contribution in [3.05, 3.63) is 77.5 Å². The number of hydrogen-bond donors (Lipinski definition) is 1. The van der Waals surface area contributed by atoms with Gasteiger partial charge in [0.25, 0.3) is 0 Å². The van der Waals surface area contributed by atoms with E-state index in [4.69, 9.17) is 9.97 Å². The standard InChI is InChI=1S/C26H30N4/c1-17(2)16-27-25-23-18(3)19(4)30(20(5)21-12-8-6-9-13-21)26(23)29-24(28-25)22-14-10-7-11-15-22/h6-15,17,20H,16H2,1-5H3,(H,27,28,29)/t20-/m0/s1. The molecule has 0 aliphatic heterocycles. The van der Waals surface area contributed by atoms with Gasteiger partial charge in [-0.25, -0.2) is 9.97 Å². The maximum atomic E-state index is 5.07. The first-order valence-corrected chi connectivity index (χ1v) is 10.7. The van der Waals surface area contributed by atoms with Crippen molar-refractivity contribution in [2.24, 2.45) is 5.92 Å². The van der Waals surface area contributed by atoms with Crippen LogP contribution in [0.25, 0.3) is 22.4 Å². The van der Waals surface area contributed by atoms with Crippen LogP contribution in [0.1, 0.15) is 43.6 Å². The van der Waals surface area contributed by atoms with Crippen molar-refractivity contribution < 1.29 is 0 Å². The molecule has 0 saturated heterocycles. The van der Waals surface area contributed by atoms with Crippen molar-refractivity contribution in [1.29, 1.82) is 0 Å². The van der Waals surface area contributed by atoms with E-state index in [0.717, 1.165) is 34.8 Å². The molecule has 0 radical (unpaired) electrons. The Bertz CT molecular complexity index is 1140. The fraction of sp³-hybridized carbons (Fsp3) is 0.308. The predicted octanol–water partition coefficient (Wildman–Crippen LogP) is 6.39. The van der Waals surface area contributed by atoms with Crippen LogP contribution in [-0.2, 0) is 0 Å². The van der Waals surface area contributed by atoms with Crippen LogP contribution in [0.5, 0.6) is 0 Å². The van der Waals surface area contributed by atoms with Gasteiger partial charge >= 0.3 is 0 Å². The molecule has 0 amide bonds. The Morgan fingerprint density at radius 3 is 2.13 bits per heavy atom. The molecule has 0 aliphatic rings. The van der Waals surface area contributed by atoms with E-state index in [9.17, 15) is 0 Å². The Morgan fingerprint density at radius 2 is 1.50 bits per heavy atom. The quantitative estimate of drug-likeness (QED) is 0.409. The molecule has 1 N–H and O–H groups in total. The maximum Gasteiger partial charge on any atom is 0.163 e. The summed E-state index contributed by atoms with van der Waals surface area (Å²) in [5.41, 5.74) is 5.75. The molecule has 4 aromatic rings. The minimum absolute atomic E-state index is 0.180. The van der Waals surface area contributed by atoms with Crippen molar-refractivity contribution in [3.8, 4) is 11.4 Å². The summed E-state index contributed by atoms with van der Waals surface area (Å²) in [6.07, 6.45) is 0. The van der Waals surface area contributed by atoms with Crippen LogP contribution in [0.4, 0.5) is 5.82 Å². The van der Waals surface area contributed by atoms with Crippen molar-refractivity contribution in [1.82, 2.24) is 14.5 Å². The van der Waals surface area contributed by atoms with Gasteiger partial charge in [0, 0.05) is 17.8 Å². The summed E-state index contributed by atoms with van der Waals surface area (Å²) in [4.78, 5) is 10.0. The predicted molar refractivity (Wildman–Crippen MR) is 126 cm³/mol. The molecule has 154 valence electrons. The summed E-state index contributed by atoms with van der Waals surface area (Å²) in [6, 6.07) is 21.0. The van der Waals surface area contributed by atoms with Crippen LogP contribution in [0, 0.1) is 19.8 Å². The SMILES string of the molecule is Cc1c(C)n([C@@H](C)c2ccccc2)c2nc(-c3ccccc3)nc(NCC(C)C)c12. The van der Waals surface area contributed by atoms with E-state index in [-0.39, 0.29) is 6.04 Å². The summed E-state index contributed by atoms with van der Waals surface area (Å²) < 4.78 is 2.36. The second-order valence-corrected chi connectivity index (χ2v) is 8.40. The Balaban J connectivity index is 1.96. The highest BCUT2D eigenvalue weighted by molar-refractivity contribution is 5.93. The molecule has 1 atom stereocenters. The molecule has 2 aromatic carbocycles. The third-order valence-corrected chi connectivity index (χ3v) is 5.78. The minimum Gasteiger partial charge on any atom is -0.369 e. The minimum atomic E-state index is 0.180. The second-order valence-electron chi connectivity index (χ2n) is 8.40. The number of benzene rings is 2. The van der Waals surface area contributed by atoms with Gasteiger partial charge in [0.2, 0.25) is 0 Å². The van der Waals surface area contributed by atoms with Gasteiger partial charge in [-0.3, -0.25) is 0 Å². The number of aryl methyl sites for hydroxylation is 1. The molecule has 0 saturated carbocycles. The molecular formula is C26H30N4. The van der Waals surface area contributed by atoms with E-state index in [1.165, 1.54) is 16.8 Å². The number of fused-ring (bicyclic) bond motifs is 1. The number of rotatable bonds is 6. The Hall–Kier alpha value is -3.14. The summed E-state index contributed by atoms with van der Waals surface area (Å²) in [7, 11) is 0. The molecule has 4 nitrogen and oxygen atoms in total. The van der Waals surface area contributed by atoms with Crippen molar-refractivity contribution in [2.75, 3.05) is 11.9 Å². The fourth-order valence-electron chi connectivity index (χ4n) is 3.99. The largest absolute Gasteiger partial charge is 0.369 e. The van der Waals surface area contributed by atoms with E-state index in [1.807, 2.05) is 18.2 Å². The van der Waals surface area contributed by atoms with Gasteiger partial charge in [-0.15, -0.1) is 0 Å². The van der Waals surface area contributed by atoms with Crippen molar-refractivity contribution >= 4 is 16.9 Å². The molecule has 0 spiro atoms. The highest BCUT2D eigenvalue weighted by Gasteiger charge is 2.22. The molecule has 2 heterocycles. The van der Waals surface area contributed by atoms with E-state index in [2.05, 4.69) is 87.0 Å². The summed E-state index contributed by atoms with van der Waals surface area (Å²) in [6.45, 7) is 11.9. The summed E-state index contributed by atoms with van der Waals surface area (Å²) in [5.74, 6) is 2.21.